The first-order valence-corrected chi connectivity index (χ1v) is 12.8. The summed E-state index contributed by atoms with van der Waals surface area (Å²) in [6, 6.07) is 10.1. The van der Waals surface area contributed by atoms with Gasteiger partial charge in [0.05, 0.1) is 12.2 Å². The molecule has 0 bridgehead atoms. The summed E-state index contributed by atoms with van der Waals surface area (Å²) in [5.41, 5.74) is 5.75. The van der Waals surface area contributed by atoms with Gasteiger partial charge in [-0.15, -0.1) is 0 Å². The molecule has 0 fully saturated rings. The Morgan fingerprint density at radius 1 is 0.861 bits per heavy atom. The highest BCUT2D eigenvalue weighted by Crippen LogP contribution is 2.55. The molecule has 1 atom stereocenters. The molecule has 0 saturated heterocycles. The van der Waals surface area contributed by atoms with Gasteiger partial charge >= 0.3 is 0 Å². The maximum Gasteiger partial charge on any atom is 0.252 e. The maximum atomic E-state index is 10.3. The van der Waals surface area contributed by atoms with Gasteiger partial charge in [-0.05, 0) is 69.2 Å². The van der Waals surface area contributed by atoms with E-state index in [1.165, 1.54) is 0 Å². The van der Waals surface area contributed by atoms with Crippen molar-refractivity contribution in [2.45, 2.75) is 91.4 Å². The van der Waals surface area contributed by atoms with Crippen LogP contribution in [0.25, 0.3) is 0 Å². The summed E-state index contributed by atoms with van der Waals surface area (Å²) < 4.78 is 21.6. The Morgan fingerprint density at radius 3 is 2.03 bits per heavy atom. The number of aryl methyl sites for hydroxylation is 4. The van der Waals surface area contributed by atoms with Crippen LogP contribution in [0.1, 0.15) is 74.2 Å². The lowest BCUT2D eigenvalue weighted by atomic mass is 9.69. The molecule has 36 heavy (non-hydrogen) atoms. The van der Waals surface area contributed by atoms with E-state index in [1.54, 1.807) is 0 Å². The number of hydrogen-bond donors (Lipinski definition) is 1. The fourth-order valence-electron chi connectivity index (χ4n) is 6.02. The van der Waals surface area contributed by atoms with E-state index in [1.807, 2.05) is 30.7 Å². The van der Waals surface area contributed by atoms with Gasteiger partial charge in [-0.1, -0.05) is 27.7 Å². The molecule has 3 aromatic rings. The van der Waals surface area contributed by atoms with Gasteiger partial charge in [-0.2, -0.15) is 5.10 Å². The first-order valence-electron chi connectivity index (χ1n) is 12.8. The number of benzene rings is 2. The molecule has 0 amide bonds. The summed E-state index contributed by atoms with van der Waals surface area (Å²) in [5, 5.41) is 14.8. The molecule has 6 nitrogen and oxygen atoms in total. The van der Waals surface area contributed by atoms with Crippen LogP contribution in [0.2, 0.25) is 0 Å². The summed E-state index contributed by atoms with van der Waals surface area (Å²) in [6.45, 7) is 18.2. The van der Waals surface area contributed by atoms with Crippen molar-refractivity contribution < 1.29 is 19.3 Å². The Labute approximate surface area is 214 Å². The third-order valence-electron chi connectivity index (χ3n) is 7.71. The first kappa shape index (κ1) is 24.5. The van der Waals surface area contributed by atoms with Crippen LogP contribution >= 0.6 is 0 Å². The normalized spacial score (nSPS) is 21.3. The molecule has 5 rings (SSSR count). The van der Waals surface area contributed by atoms with Crippen LogP contribution < -0.4 is 14.2 Å². The molecule has 0 aliphatic carbocycles. The SMILES string of the molecule is Cc1cc(C)n(CCOc2cc3c(cc2C)OC2(CC(C)(C)c4cc(O)c(C)cc4O2)CC3(C)C)n1. The van der Waals surface area contributed by atoms with E-state index in [0.29, 0.717) is 31.7 Å². The Kier molecular flexibility index (Phi) is 5.58. The van der Waals surface area contributed by atoms with Gasteiger partial charge in [0.15, 0.2) is 0 Å². The molecule has 1 aromatic heterocycles. The van der Waals surface area contributed by atoms with Crippen LogP contribution in [-0.4, -0.2) is 27.3 Å². The van der Waals surface area contributed by atoms with E-state index in [9.17, 15) is 5.11 Å². The topological polar surface area (TPSA) is 65.7 Å². The Bertz CT molecular complexity index is 1340. The van der Waals surface area contributed by atoms with E-state index in [2.05, 4.69) is 64.8 Å². The van der Waals surface area contributed by atoms with Crippen molar-refractivity contribution in [3.8, 4) is 23.0 Å². The lowest BCUT2D eigenvalue weighted by Gasteiger charge is -2.51. The predicted octanol–water partition coefficient (Wildman–Crippen LogP) is 6.42. The molecule has 2 aliphatic heterocycles. The molecule has 1 spiro atoms. The Hall–Kier alpha value is -3.15. The second-order valence-corrected chi connectivity index (χ2v) is 12.0. The van der Waals surface area contributed by atoms with Gasteiger partial charge < -0.3 is 19.3 Å². The van der Waals surface area contributed by atoms with Crippen LogP contribution in [0.4, 0.5) is 0 Å². The highest BCUT2D eigenvalue weighted by Gasteiger charge is 2.53. The monoisotopic (exact) mass is 490 g/mol. The average Bonchev–Trinajstić information content (AvgIpc) is 3.06. The first-order chi connectivity index (χ1) is 16.8. The van der Waals surface area contributed by atoms with E-state index in [4.69, 9.17) is 14.2 Å². The standard InChI is InChI=1S/C30H38N2O4/c1-18-11-26-22(14-24(18)33)28(5,6)16-30(35-26)17-29(7,8)23-15-25(19(2)12-27(23)36-30)34-10-9-32-21(4)13-20(3)31-32/h11-15,33H,9-10,16-17H2,1-8H3. The number of rotatable bonds is 4. The minimum absolute atomic E-state index is 0.186. The van der Waals surface area contributed by atoms with Gasteiger partial charge in [-0.25, -0.2) is 0 Å². The number of ether oxygens (including phenoxy) is 3. The zero-order chi connectivity index (χ0) is 26.0. The Morgan fingerprint density at radius 2 is 1.44 bits per heavy atom. The van der Waals surface area contributed by atoms with E-state index in [-0.39, 0.29) is 10.8 Å². The highest BCUT2D eigenvalue weighted by molar-refractivity contribution is 5.53. The largest absolute Gasteiger partial charge is 0.508 e. The molecular formula is C30H38N2O4. The van der Waals surface area contributed by atoms with Gasteiger partial charge in [-0.3, -0.25) is 4.68 Å². The summed E-state index contributed by atoms with van der Waals surface area (Å²) in [6.07, 6.45) is 1.41. The number of phenolic OH excluding ortho intramolecular Hbond substituents is 1. The van der Waals surface area contributed by atoms with Crippen molar-refractivity contribution in [2.75, 3.05) is 6.61 Å². The number of aromatic nitrogens is 2. The van der Waals surface area contributed by atoms with Crippen LogP contribution in [0, 0.1) is 27.7 Å². The summed E-state index contributed by atoms with van der Waals surface area (Å²) in [7, 11) is 0. The van der Waals surface area contributed by atoms with E-state index < -0.39 is 5.79 Å². The minimum Gasteiger partial charge on any atom is -0.508 e. The van der Waals surface area contributed by atoms with Crippen molar-refractivity contribution in [1.29, 1.82) is 0 Å². The molecule has 1 N–H and O–H groups in total. The van der Waals surface area contributed by atoms with Gasteiger partial charge in [0.25, 0.3) is 5.79 Å². The summed E-state index contributed by atoms with van der Waals surface area (Å²) in [4.78, 5) is 0. The molecule has 0 saturated carbocycles. The van der Waals surface area contributed by atoms with Crippen LogP contribution in [-0.2, 0) is 17.4 Å². The lowest BCUT2D eigenvalue weighted by Crippen LogP contribution is -2.55. The minimum atomic E-state index is -0.777. The third-order valence-corrected chi connectivity index (χ3v) is 7.71. The molecular weight excluding hydrogens is 452 g/mol. The molecule has 2 aromatic carbocycles. The van der Waals surface area contributed by atoms with Crippen LogP contribution in [0.15, 0.2) is 30.3 Å². The van der Waals surface area contributed by atoms with E-state index in [0.717, 1.165) is 50.9 Å². The molecule has 2 aliphatic rings. The fourth-order valence-corrected chi connectivity index (χ4v) is 6.02. The second kappa shape index (κ2) is 8.19. The van der Waals surface area contributed by atoms with Crippen LogP contribution in [0.3, 0.4) is 0 Å². The van der Waals surface area contributed by atoms with Gasteiger partial charge in [0, 0.05) is 40.5 Å². The smallest absolute Gasteiger partial charge is 0.252 e. The molecule has 0 radical (unpaired) electrons. The zero-order valence-corrected chi connectivity index (χ0v) is 22.8. The van der Waals surface area contributed by atoms with Crippen molar-refractivity contribution in [2.24, 2.45) is 0 Å². The molecule has 192 valence electrons. The molecule has 6 heteroatoms. The number of nitrogens with zero attached hydrogens (tertiary/aromatic N) is 2. The fraction of sp³-hybridized carbons (Fsp3) is 0.500. The number of phenols is 1. The summed E-state index contributed by atoms with van der Waals surface area (Å²) >= 11 is 0. The number of hydrogen-bond acceptors (Lipinski definition) is 5. The molecule has 3 heterocycles. The van der Waals surface area contributed by atoms with Gasteiger partial charge in [0.2, 0.25) is 0 Å². The van der Waals surface area contributed by atoms with Crippen molar-refractivity contribution in [1.82, 2.24) is 9.78 Å². The Balaban J connectivity index is 1.43. The van der Waals surface area contributed by atoms with Crippen LogP contribution in [0.5, 0.6) is 23.0 Å². The van der Waals surface area contributed by atoms with Crippen molar-refractivity contribution in [3.05, 3.63) is 64.0 Å². The van der Waals surface area contributed by atoms with E-state index >= 15 is 0 Å². The van der Waals surface area contributed by atoms with Crippen molar-refractivity contribution >= 4 is 0 Å². The lowest BCUT2D eigenvalue weighted by molar-refractivity contribution is -0.166. The number of fused-ring (bicyclic) bond motifs is 2. The van der Waals surface area contributed by atoms with Gasteiger partial charge in [0.1, 0.15) is 29.6 Å². The zero-order valence-electron chi connectivity index (χ0n) is 22.8. The maximum absolute atomic E-state index is 10.3. The third kappa shape index (κ3) is 4.21. The van der Waals surface area contributed by atoms with Crippen molar-refractivity contribution in [3.63, 3.8) is 0 Å². The quantitative estimate of drug-likeness (QED) is 0.457. The predicted molar refractivity (Wildman–Crippen MR) is 140 cm³/mol. The highest BCUT2D eigenvalue weighted by atomic mass is 16.7. The summed E-state index contributed by atoms with van der Waals surface area (Å²) in [5.74, 6) is 2.05. The average molecular weight is 491 g/mol. The number of aromatic hydroxyl groups is 1. The molecule has 1 unspecified atom stereocenters. The second-order valence-electron chi connectivity index (χ2n) is 12.0.